The minimum absolute atomic E-state index is 0.376. The average molecular weight is 345 g/mol. The number of hydrogen-bond acceptors (Lipinski definition) is 4. The first-order valence-corrected chi connectivity index (χ1v) is 9.76. The number of benzene rings is 1. The summed E-state index contributed by atoms with van der Waals surface area (Å²) < 4.78 is 27.1. The maximum Gasteiger partial charge on any atom is 0.243 e. The third-order valence-corrected chi connectivity index (χ3v) is 6.11. The number of piperidine rings is 1. The quantitative estimate of drug-likeness (QED) is 0.904. The number of aromatic nitrogens is 1. The summed E-state index contributed by atoms with van der Waals surface area (Å²) in [4.78, 5) is 4.77. The van der Waals surface area contributed by atoms with E-state index < -0.39 is 10.0 Å². The van der Waals surface area contributed by atoms with Crippen LogP contribution in [0.25, 0.3) is 0 Å². The van der Waals surface area contributed by atoms with E-state index in [1.165, 1.54) is 0 Å². The van der Waals surface area contributed by atoms with Crippen LogP contribution in [0.4, 0.5) is 5.82 Å². The molecule has 2 aromatic rings. The highest BCUT2D eigenvalue weighted by Gasteiger charge is 2.25. The van der Waals surface area contributed by atoms with E-state index in [9.17, 15) is 8.42 Å². The molecule has 1 aromatic carbocycles. The summed E-state index contributed by atoms with van der Waals surface area (Å²) in [5.74, 6) is 0.791. The molecule has 24 heavy (non-hydrogen) atoms. The molecule has 0 aliphatic carbocycles. The third kappa shape index (κ3) is 3.94. The fourth-order valence-corrected chi connectivity index (χ4v) is 4.49. The van der Waals surface area contributed by atoms with Gasteiger partial charge in [0.1, 0.15) is 5.82 Å². The minimum atomic E-state index is -3.38. The second kappa shape index (κ2) is 7.32. The Morgan fingerprint density at radius 3 is 2.58 bits per heavy atom. The van der Waals surface area contributed by atoms with Crippen molar-refractivity contribution in [3.8, 4) is 0 Å². The molecule has 6 heteroatoms. The fraction of sp³-hybridized carbons (Fsp3) is 0.389. The standard InChI is InChI=1S/C18H23N3O2S/c1-15-7-5-10-18(20-15)19-14-16-8-6-9-17(13-16)24(22,23)21-11-3-2-4-12-21/h5-10,13H,2-4,11-12,14H2,1H3,(H,19,20). The van der Waals surface area contributed by atoms with E-state index in [0.29, 0.717) is 24.5 Å². The Labute approximate surface area is 143 Å². The van der Waals surface area contributed by atoms with Gasteiger partial charge in [0.25, 0.3) is 0 Å². The van der Waals surface area contributed by atoms with Crippen LogP contribution in [0, 0.1) is 6.92 Å². The largest absolute Gasteiger partial charge is 0.366 e. The lowest BCUT2D eigenvalue weighted by Gasteiger charge is -2.26. The summed E-state index contributed by atoms with van der Waals surface area (Å²) in [6, 6.07) is 13.0. The lowest BCUT2D eigenvalue weighted by molar-refractivity contribution is 0.346. The van der Waals surface area contributed by atoms with E-state index in [0.717, 1.165) is 36.3 Å². The lowest BCUT2D eigenvalue weighted by atomic mass is 10.2. The molecule has 0 bridgehead atoms. The van der Waals surface area contributed by atoms with Crippen molar-refractivity contribution in [2.24, 2.45) is 0 Å². The number of nitrogens with zero attached hydrogens (tertiary/aromatic N) is 2. The highest BCUT2D eigenvalue weighted by atomic mass is 32.2. The van der Waals surface area contributed by atoms with Crippen LogP contribution in [0.5, 0.6) is 0 Å². The topological polar surface area (TPSA) is 62.3 Å². The molecule has 1 fully saturated rings. The van der Waals surface area contributed by atoms with Gasteiger partial charge in [0.15, 0.2) is 0 Å². The second-order valence-corrected chi connectivity index (χ2v) is 8.07. The fourth-order valence-electron chi connectivity index (χ4n) is 2.90. The number of nitrogens with one attached hydrogen (secondary N) is 1. The van der Waals surface area contributed by atoms with Crippen LogP contribution in [-0.4, -0.2) is 30.8 Å². The van der Waals surface area contributed by atoms with Gasteiger partial charge in [-0.05, 0) is 49.6 Å². The van der Waals surface area contributed by atoms with Crippen LogP contribution in [-0.2, 0) is 16.6 Å². The van der Waals surface area contributed by atoms with Crippen molar-refractivity contribution >= 4 is 15.8 Å². The molecule has 0 unspecified atom stereocenters. The zero-order valence-electron chi connectivity index (χ0n) is 13.9. The predicted molar refractivity (Wildman–Crippen MR) is 95.4 cm³/mol. The van der Waals surface area contributed by atoms with E-state index >= 15 is 0 Å². The van der Waals surface area contributed by atoms with Gasteiger partial charge in [0.05, 0.1) is 4.90 Å². The molecule has 5 nitrogen and oxygen atoms in total. The van der Waals surface area contributed by atoms with E-state index in [1.807, 2.05) is 31.2 Å². The zero-order valence-corrected chi connectivity index (χ0v) is 14.7. The highest BCUT2D eigenvalue weighted by molar-refractivity contribution is 7.89. The Morgan fingerprint density at radius 1 is 1.08 bits per heavy atom. The van der Waals surface area contributed by atoms with Crippen molar-refractivity contribution in [1.82, 2.24) is 9.29 Å². The van der Waals surface area contributed by atoms with Crippen LogP contribution < -0.4 is 5.32 Å². The molecular formula is C18H23N3O2S. The van der Waals surface area contributed by atoms with Gasteiger partial charge in [-0.3, -0.25) is 0 Å². The number of anilines is 1. The van der Waals surface area contributed by atoms with Crippen LogP contribution in [0.3, 0.4) is 0 Å². The molecule has 0 saturated carbocycles. The van der Waals surface area contributed by atoms with Crippen molar-refractivity contribution in [3.63, 3.8) is 0 Å². The number of aryl methyl sites for hydroxylation is 1. The van der Waals surface area contributed by atoms with Crippen molar-refractivity contribution in [2.45, 2.75) is 37.6 Å². The van der Waals surface area contributed by atoms with Gasteiger partial charge in [-0.2, -0.15) is 4.31 Å². The Balaban J connectivity index is 1.74. The summed E-state index contributed by atoms with van der Waals surface area (Å²) in [6.45, 7) is 3.73. The van der Waals surface area contributed by atoms with Gasteiger partial charge >= 0.3 is 0 Å². The average Bonchev–Trinajstić information content (AvgIpc) is 2.61. The number of hydrogen-bond donors (Lipinski definition) is 1. The Morgan fingerprint density at radius 2 is 1.83 bits per heavy atom. The lowest BCUT2D eigenvalue weighted by Crippen LogP contribution is -2.35. The Bertz CT molecular complexity index is 799. The molecule has 0 spiro atoms. The maximum atomic E-state index is 12.8. The molecule has 1 N–H and O–H groups in total. The van der Waals surface area contributed by atoms with Crippen LogP contribution >= 0.6 is 0 Å². The molecule has 1 aliphatic heterocycles. The molecule has 0 atom stereocenters. The van der Waals surface area contributed by atoms with Gasteiger partial charge in [-0.25, -0.2) is 13.4 Å². The molecule has 0 radical (unpaired) electrons. The van der Waals surface area contributed by atoms with Gasteiger partial charge < -0.3 is 5.32 Å². The maximum absolute atomic E-state index is 12.8. The highest BCUT2D eigenvalue weighted by Crippen LogP contribution is 2.21. The molecule has 1 saturated heterocycles. The number of sulfonamides is 1. The van der Waals surface area contributed by atoms with Crippen LogP contribution in [0.15, 0.2) is 47.4 Å². The monoisotopic (exact) mass is 345 g/mol. The SMILES string of the molecule is Cc1cccc(NCc2cccc(S(=O)(=O)N3CCCCC3)c2)n1. The van der Waals surface area contributed by atoms with E-state index in [-0.39, 0.29) is 0 Å². The van der Waals surface area contributed by atoms with Gasteiger partial charge in [-0.1, -0.05) is 24.6 Å². The molecule has 1 aromatic heterocycles. The third-order valence-electron chi connectivity index (χ3n) is 4.21. The summed E-state index contributed by atoms with van der Waals surface area (Å²) >= 11 is 0. The van der Waals surface area contributed by atoms with Crippen LogP contribution in [0.2, 0.25) is 0 Å². The Kier molecular flexibility index (Phi) is 5.16. The van der Waals surface area contributed by atoms with E-state index in [1.54, 1.807) is 22.5 Å². The summed E-state index contributed by atoms with van der Waals surface area (Å²) in [5, 5.41) is 3.24. The first-order valence-electron chi connectivity index (χ1n) is 8.32. The molecule has 3 rings (SSSR count). The number of pyridine rings is 1. The number of rotatable bonds is 5. The first kappa shape index (κ1) is 16.9. The van der Waals surface area contributed by atoms with Gasteiger partial charge in [0, 0.05) is 25.3 Å². The zero-order chi connectivity index (χ0) is 17.0. The normalized spacial score (nSPS) is 16.0. The van der Waals surface area contributed by atoms with Gasteiger partial charge in [-0.15, -0.1) is 0 Å². The van der Waals surface area contributed by atoms with Crippen molar-refractivity contribution in [1.29, 1.82) is 0 Å². The van der Waals surface area contributed by atoms with E-state index in [2.05, 4.69) is 10.3 Å². The smallest absolute Gasteiger partial charge is 0.243 e. The molecule has 1 aliphatic rings. The van der Waals surface area contributed by atoms with Crippen molar-refractivity contribution in [2.75, 3.05) is 18.4 Å². The van der Waals surface area contributed by atoms with Crippen LogP contribution in [0.1, 0.15) is 30.5 Å². The predicted octanol–water partition coefficient (Wildman–Crippen LogP) is 3.18. The molecule has 2 heterocycles. The summed E-state index contributed by atoms with van der Waals surface area (Å²) in [5.41, 5.74) is 1.87. The van der Waals surface area contributed by atoms with Crippen molar-refractivity contribution < 1.29 is 8.42 Å². The van der Waals surface area contributed by atoms with Gasteiger partial charge in [0.2, 0.25) is 10.0 Å². The molecule has 128 valence electrons. The molecule has 0 amide bonds. The van der Waals surface area contributed by atoms with E-state index in [4.69, 9.17) is 0 Å². The first-order chi connectivity index (χ1) is 11.6. The Hall–Kier alpha value is -1.92. The molecular weight excluding hydrogens is 322 g/mol. The summed E-state index contributed by atoms with van der Waals surface area (Å²) in [6.07, 6.45) is 3.00. The minimum Gasteiger partial charge on any atom is -0.366 e. The summed E-state index contributed by atoms with van der Waals surface area (Å²) in [7, 11) is -3.38. The second-order valence-electron chi connectivity index (χ2n) is 6.13. The van der Waals surface area contributed by atoms with Crippen molar-refractivity contribution in [3.05, 3.63) is 53.7 Å².